The molecule has 0 spiro atoms. The summed E-state index contributed by atoms with van der Waals surface area (Å²) in [5.41, 5.74) is 2.25. The van der Waals surface area contributed by atoms with E-state index in [4.69, 9.17) is 0 Å². The molecule has 3 heteroatoms. The predicted molar refractivity (Wildman–Crippen MR) is 36.0 cm³/mol. The molecule has 0 bridgehead atoms. The van der Waals surface area contributed by atoms with Crippen molar-refractivity contribution in [1.29, 1.82) is 0 Å². The first kappa shape index (κ1) is 4.84. The molecular weight excluding hydrogens is 178 g/mol. The molecule has 1 aromatic rings. The van der Waals surface area contributed by atoms with E-state index in [1.807, 2.05) is 0 Å². The molecule has 0 aromatic carbocycles. The number of rotatable bonds is 0. The minimum Gasteiger partial charge on any atom is -0.0709 e. The number of halogens is 1. The van der Waals surface area contributed by atoms with Crippen LogP contribution < -0.4 is 0 Å². The molecule has 1 aromatic heterocycles. The molecule has 1 heterocycles. The third-order valence-electron chi connectivity index (χ3n) is 0.472. The van der Waals surface area contributed by atoms with Gasteiger partial charge in [0.15, 0.2) is 0 Å². The molecule has 0 saturated heterocycles. The summed E-state index contributed by atoms with van der Waals surface area (Å²) in [7, 11) is 1.36. The average Bonchev–Trinajstić information content (AvgIpc) is 1.86. The van der Waals surface area contributed by atoms with Crippen molar-refractivity contribution in [3.63, 3.8) is 0 Å². The fourth-order valence-electron chi connectivity index (χ4n) is 0.243. The van der Waals surface area contributed by atoms with Gasteiger partial charge in [0, 0.05) is 0 Å². The summed E-state index contributed by atoms with van der Waals surface area (Å²) in [6.07, 6.45) is 0.0296. The van der Waals surface area contributed by atoms with Gasteiger partial charge in [0.1, 0.15) is 0 Å². The van der Waals surface area contributed by atoms with Crippen molar-refractivity contribution >= 4 is 29.9 Å². The van der Waals surface area contributed by atoms with Crippen LogP contribution in [0.2, 0.25) is 0 Å². The third-order valence-corrected chi connectivity index (χ3v) is 5.24. The second kappa shape index (κ2) is 2.12. The third kappa shape index (κ3) is 1.08. The average molecular weight is 181 g/mol. The molecule has 0 radical (unpaired) electrons. The van der Waals surface area contributed by atoms with Crippen molar-refractivity contribution in [2.45, 2.75) is 0 Å². The minimum atomic E-state index is 0.0296. The van der Waals surface area contributed by atoms with Gasteiger partial charge in [-0.3, -0.25) is 0 Å². The molecule has 1 rings (SSSR count). The van der Waals surface area contributed by atoms with Gasteiger partial charge in [-0.25, -0.2) is 0 Å². The minimum absolute atomic E-state index is 0.0296. The summed E-state index contributed by atoms with van der Waals surface area (Å²) < 4.78 is 0. The smallest absolute Gasteiger partial charge is 0.00460 e. The molecule has 0 amide bonds. The van der Waals surface area contributed by atoms with Crippen LogP contribution >= 0.6 is 29.9 Å². The van der Waals surface area contributed by atoms with E-state index in [9.17, 15) is 0 Å². The molecule has 0 fully saturated rings. The highest BCUT2D eigenvalue weighted by molar-refractivity contribution is 9.38. The molecule has 0 nitrogen and oxygen atoms in total. The molecule has 32 valence electrons. The molecule has 0 saturated carbocycles. The summed E-state index contributed by atoms with van der Waals surface area (Å²) in [6.45, 7) is 0. The Morgan fingerprint density at radius 3 is 2.67 bits per heavy atom. The van der Waals surface area contributed by atoms with E-state index < -0.39 is 0 Å². The lowest BCUT2D eigenvalue weighted by Gasteiger charge is -1.65. The van der Waals surface area contributed by atoms with Crippen molar-refractivity contribution in [2.24, 2.45) is 0 Å². The van der Waals surface area contributed by atoms with Crippen molar-refractivity contribution in [1.82, 2.24) is 0 Å². The van der Waals surface area contributed by atoms with Crippen LogP contribution in [0, 0.1) is 0 Å². The van der Waals surface area contributed by atoms with Gasteiger partial charge in [-0.15, -0.1) is 0 Å². The van der Waals surface area contributed by atoms with Gasteiger partial charge < -0.3 is 0 Å². The number of hydrogen-bond donors (Lipinski definition) is 0. The zero-order chi connectivity index (χ0) is 4.41. The molecule has 6 heavy (non-hydrogen) atoms. The lowest BCUT2D eigenvalue weighted by molar-refractivity contribution is 2.38. The summed E-state index contributed by atoms with van der Waals surface area (Å²) in [5, 5.41) is 0. The van der Waals surface area contributed by atoms with Crippen molar-refractivity contribution in [3.8, 4) is 0 Å². The first-order chi connectivity index (χ1) is 2.89. The first-order valence-corrected chi connectivity index (χ1v) is 6.07. The second-order valence-electron chi connectivity index (χ2n) is 0.907. The summed E-state index contributed by atoms with van der Waals surface area (Å²) in [5.74, 6) is 4.34. The standard InChI is InChI=1S/C3H3BrP2/c4-6-2-1-5-3-6/h1-3H. The van der Waals surface area contributed by atoms with Gasteiger partial charge in [-0.1, -0.05) is 8.19 Å². The topological polar surface area (TPSA) is 0 Å². The fourth-order valence-corrected chi connectivity index (χ4v) is 4.09. The highest BCUT2D eigenvalue weighted by Crippen LogP contribution is 2.38. The van der Waals surface area contributed by atoms with E-state index in [0.29, 0.717) is 0 Å². The molecule has 0 aliphatic heterocycles. The van der Waals surface area contributed by atoms with E-state index in [0.717, 1.165) is 0 Å². The molecule has 1 atom stereocenters. The van der Waals surface area contributed by atoms with Crippen LogP contribution in [0.15, 0.2) is 17.1 Å². The highest BCUT2D eigenvalue weighted by Gasteiger charge is 1.75. The summed E-state index contributed by atoms with van der Waals surface area (Å²) in [4.78, 5) is 0. The van der Waals surface area contributed by atoms with Crippen LogP contribution in [0.3, 0.4) is 0 Å². The fraction of sp³-hybridized carbons (Fsp3) is 0. The van der Waals surface area contributed by atoms with Gasteiger partial charge in [0.05, 0.1) is 0 Å². The first-order valence-electron chi connectivity index (χ1n) is 1.54. The second-order valence-corrected chi connectivity index (χ2v) is 5.87. The predicted octanol–water partition coefficient (Wildman–Crippen LogP) is 3.41. The summed E-state index contributed by atoms with van der Waals surface area (Å²) >= 11 is 3.45. The highest BCUT2D eigenvalue weighted by atomic mass is 79.9. The Morgan fingerprint density at radius 1 is 1.67 bits per heavy atom. The molecule has 0 N–H and O–H groups in total. The van der Waals surface area contributed by atoms with Crippen molar-refractivity contribution in [3.05, 3.63) is 17.1 Å². The summed E-state index contributed by atoms with van der Waals surface area (Å²) in [6, 6.07) is 0. The van der Waals surface area contributed by atoms with Crippen molar-refractivity contribution < 1.29 is 0 Å². The Bertz CT molecular complexity index is 112. The zero-order valence-electron chi connectivity index (χ0n) is 3.00. The maximum absolute atomic E-state index is 3.45. The Kier molecular flexibility index (Phi) is 1.71. The molecule has 0 aliphatic carbocycles. The SMILES string of the molecule is Brp1ccpc1. The van der Waals surface area contributed by atoms with E-state index in [2.05, 4.69) is 32.6 Å². The van der Waals surface area contributed by atoms with Gasteiger partial charge in [0.25, 0.3) is 0 Å². The van der Waals surface area contributed by atoms with Crippen LogP contribution in [0.1, 0.15) is 0 Å². The van der Waals surface area contributed by atoms with E-state index in [1.54, 1.807) is 0 Å². The van der Waals surface area contributed by atoms with Crippen LogP contribution in [0.4, 0.5) is 0 Å². The van der Waals surface area contributed by atoms with Gasteiger partial charge in [0.2, 0.25) is 0 Å². The molecule has 0 aliphatic rings. The Hall–Kier alpha value is 0.690. The van der Waals surface area contributed by atoms with Crippen LogP contribution in [0.25, 0.3) is 0 Å². The van der Waals surface area contributed by atoms with E-state index in [-0.39, 0.29) is 6.24 Å². The molecule has 1 unspecified atom stereocenters. The van der Waals surface area contributed by atoms with Crippen LogP contribution in [0.5, 0.6) is 0 Å². The lowest BCUT2D eigenvalue weighted by atomic mass is 11.2. The Morgan fingerprint density at radius 2 is 2.50 bits per heavy atom. The van der Waals surface area contributed by atoms with Gasteiger partial charge >= 0.3 is 0 Å². The van der Waals surface area contributed by atoms with Crippen LogP contribution in [-0.4, -0.2) is 0 Å². The lowest BCUT2D eigenvalue weighted by Crippen LogP contribution is -1.10. The quantitative estimate of drug-likeness (QED) is 0.575. The van der Waals surface area contributed by atoms with Crippen LogP contribution in [-0.2, 0) is 0 Å². The van der Waals surface area contributed by atoms with Crippen molar-refractivity contribution in [2.75, 3.05) is 0 Å². The largest absolute Gasteiger partial charge is 0.0709 e. The van der Waals surface area contributed by atoms with Gasteiger partial charge in [-0.2, -0.15) is 0 Å². The molecular formula is C3H3BrP2. The van der Waals surface area contributed by atoms with Gasteiger partial charge in [-0.05, 0) is 38.9 Å². The Balaban J connectivity index is 3.05. The maximum Gasteiger partial charge on any atom is -0.00460 e. The van der Waals surface area contributed by atoms with E-state index in [1.165, 1.54) is 8.19 Å². The monoisotopic (exact) mass is 180 g/mol. The normalized spacial score (nSPS) is 13.2. The Labute approximate surface area is 47.5 Å². The number of hydrogen-bond acceptors (Lipinski definition) is 0. The maximum atomic E-state index is 3.45. The van der Waals surface area contributed by atoms with E-state index >= 15 is 0 Å². The zero-order valence-corrected chi connectivity index (χ0v) is 6.38.